The number of amides is 2. The summed E-state index contributed by atoms with van der Waals surface area (Å²) in [4.78, 5) is 32.5. The van der Waals surface area contributed by atoms with E-state index >= 15 is 0 Å². The average Bonchev–Trinajstić information content (AvgIpc) is 3.10. The average molecular weight is 432 g/mol. The fourth-order valence-electron chi connectivity index (χ4n) is 3.56. The smallest absolute Gasteiger partial charge is 0.255 e. The molecule has 0 unspecified atom stereocenters. The van der Waals surface area contributed by atoms with E-state index in [-0.39, 0.29) is 11.8 Å². The van der Waals surface area contributed by atoms with Crippen LogP contribution in [0, 0.1) is 0 Å². The maximum atomic E-state index is 12.7. The van der Waals surface area contributed by atoms with Gasteiger partial charge in [-0.15, -0.1) is 0 Å². The first-order valence-electron chi connectivity index (χ1n) is 10.6. The van der Waals surface area contributed by atoms with E-state index in [1.807, 2.05) is 35.2 Å². The molecule has 0 atom stereocenters. The van der Waals surface area contributed by atoms with Gasteiger partial charge in [-0.25, -0.2) is 4.98 Å². The second-order valence-electron chi connectivity index (χ2n) is 7.53. The number of hydrogen-bond acceptors (Lipinski definition) is 4. The summed E-state index contributed by atoms with van der Waals surface area (Å²) in [7, 11) is 0. The number of benzene rings is 2. The summed E-state index contributed by atoms with van der Waals surface area (Å²) in [5, 5.41) is 3.81. The number of carbonyl (C=O) groups is 2. The Balaban J connectivity index is 1.35. The molecule has 158 valence electrons. The highest BCUT2D eigenvalue weighted by Gasteiger charge is 2.17. The zero-order chi connectivity index (χ0) is 21.5. The quantitative estimate of drug-likeness (QED) is 0.579. The molecule has 0 aliphatic carbocycles. The number of pyridine rings is 1. The fraction of sp³-hybridized carbons (Fsp3) is 0.240. The molecule has 2 amide bonds. The van der Waals surface area contributed by atoms with Crippen molar-refractivity contribution in [2.24, 2.45) is 0 Å². The molecule has 0 spiro atoms. The van der Waals surface area contributed by atoms with Crippen LogP contribution in [0.5, 0.6) is 0 Å². The Bertz CT molecular complexity index is 1010. The number of nitrogens with zero attached hydrogens (tertiary/aromatic N) is 2. The first kappa shape index (κ1) is 21.1. The lowest BCUT2D eigenvalue weighted by Crippen LogP contribution is -2.31. The molecule has 1 N–H and O–H groups in total. The summed E-state index contributed by atoms with van der Waals surface area (Å²) < 4.78 is 0. The second-order valence-corrected chi connectivity index (χ2v) is 8.63. The van der Waals surface area contributed by atoms with Gasteiger partial charge in [-0.05, 0) is 73.5 Å². The predicted molar refractivity (Wildman–Crippen MR) is 124 cm³/mol. The number of rotatable bonds is 5. The van der Waals surface area contributed by atoms with Crippen molar-refractivity contribution in [1.29, 1.82) is 0 Å². The van der Waals surface area contributed by atoms with Gasteiger partial charge >= 0.3 is 0 Å². The number of carbonyl (C=O) groups excluding carboxylic acids is 2. The largest absolute Gasteiger partial charge is 0.339 e. The van der Waals surface area contributed by atoms with Crippen LogP contribution >= 0.6 is 11.8 Å². The van der Waals surface area contributed by atoms with E-state index in [0.29, 0.717) is 16.8 Å². The molecule has 4 rings (SSSR count). The molecule has 1 aliphatic heterocycles. The van der Waals surface area contributed by atoms with Crippen LogP contribution in [0.3, 0.4) is 0 Å². The summed E-state index contributed by atoms with van der Waals surface area (Å²) in [6.07, 6.45) is 6.28. The van der Waals surface area contributed by atoms with Gasteiger partial charge in [-0.2, -0.15) is 0 Å². The molecule has 5 nitrogen and oxygen atoms in total. The number of likely N-dealkylation sites (tertiary alicyclic amines) is 1. The third-order valence-corrected chi connectivity index (χ3v) is 6.22. The fourth-order valence-corrected chi connectivity index (χ4v) is 4.33. The van der Waals surface area contributed by atoms with Crippen molar-refractivity contribution >= 4 is 29.3 Å². The number of hydrogen-bond donors (Lipinski definition) is 1. The van der Waals surface area contributed by atoms with Crippen LogP contribution in [-0.2, 0) is 0 Å². The summed E-state index contributed by atoms with van der Waals surface area (Å²) >= 11 is 1.55. The standard InChI is InChI=1S/C25H25N3O2S/c29-24(19-10-14-22(15-11-19)31-23-7-3-4-16-26-23)27-21-12-8-20(9-13-21)25(30)28-17-5-1-2-6-18-28/h3-4,7-16H,1-2,5-6,17-18H2,(H,27,29). The van der Waals surface area contributed by atoms with Crippen LogP contribution in [0.4, 0.5) is 5.69 Å². The molecule has 0 saturated carbocycles. The maximum absolute atomic E-state index is 12.7. The van der Waals surface area contributed by atoms with Crippen LogP contribution in [0.1, 0.15) is 46.4 Å². The molecule has 1 fully saturated rings. The van der Waals surface area contributed by atoms with Crippen LogP contribution < -0.4 is 5.32 Å². The molecule has 3 aromatic rings. The molecule has 1 aromatic heterocycles. The van der Waals surface area contributed by atoms with Gasteiger partial charge in [0.05, 0.1) is 0 Å². The lowest BCUT2D eigenvalue weighted by molar-refractivity contribution is 0.0761. The Morgan fingerprint density at radius 3 is 2.13 bits per heavy atom. The third kappa shape index (κ3) is 5.73. The zero-order valence-corrected chi connectivity index (χ0v) is 18.1. The summed E-state index contributed by atoms with van der Waals surface area (Å²) in [6.45, 7) is 1.65. The Labute approximate surface area is 186 Å². The van der Waals surface area contributed by atoms with Gasteiger partial charge in [0.25, 0.3) is 11.8 Å². The van der Waals surface area contributed by atoms with Crippen LogP contribution in [0.25, 0.3) is 0 Å². The minimum atomic E-state index is -0.180. The first-order valence-corrected chi connectivity index (χ1v) is 11.4. The van der Waals surface area contributed by atoms with Crippen molar-refractivity contribution in [3.8, 4) is 0 Å². The number of aromatic nitrogens is 1. The molecule has 6 heteroatoms. The molecule has 2 heterocycles. The van der Waals surface area contributed by atoms with Gasteiger partial charge in [-0.3, -0.25) is 9.59 Å². The topological polar surface area (TPSA) is 62.3 Å². The van der Waals surface area contributed by atoms with E-state index in [1.165, 1.54) is 12.8 Å². The second kappa shape index (κ2) is 10.3. The first-order chi connectivity index (χ1) is 15.2. The zero-order valence-electron chi connectivity index (χ0n) is 17.3. The van der Waals surface area contributed by atoms with Gasteiger partial charge < -0.3 is 10.2 Å². The van der Waals surface area contributed by atoms with Crippen LogP contribution in [0.15, 0.2) is 82.8 Å². The van der Waals surface area contributed by atoms with E-state index in [1.54, 1.807) is 54.4 Å². The SMILES string of the molecule is O=C(Nc1ccc(C(=O)N2CCCCCC2)cc1)c1ccc(Sc2ccccn2)cc1. The molecule has 1 saturated heterocycles. The maximum Gasteiger partial charge on any atom is 0.255 e. The highest BCUT2D eigenvalue weighted by Crippen LogP contribution is 2.26. The minimum Gasteiger partial charge on any atom is -0.339 e. The number of anilines is 1. The molecule has 31 heavy (non-hydrogen) atoms. The molecule has 0 radical (unpaired) electrons. The van der Waals surface area contributed by atoms with Crippen molar-refractivity contribution < 1.29 is 9.59 Å². The Morgan fingerprint density at radius 1 is 0.806 bits per heavy atom. The normalized spacial score (nSPS) is 14.0. The number of nitrogens with one attached hydrogen (secondary N) is 1. The van der Waals surface area contributed by atoms with Crippen LogP contribution in [0.2, 0.25) is 0 Å². The highest BCUT2D eigenvalue weighted by molar-refractivity contribution is 7.99. The van der Waals surface area contributed by atoms with E-state index in [2.05, 4.69) is 10.3 Å². The van der Waals surface area contributed by atoms with Gasteiger partial charge in [0.2, 0.25) is 0 Å². The van der Waals surface area contributed by atoms with Crippen molar-refractivity contribution in [1.82, 2.24) is 9.88 Å². The summed E-state index contributed by atoms with van der Waals surface area (Å²) in [6, 6.07) is 20.4. The molecule has 2 aromatic carbocycles. The van der Waals surface area contributed by atoms with Gasteiger partial charge in [0, 0.05) is 41.0 Å². The van der Waals surface area contributed by atoms with Crippen LogP contribution in [-0.4, -0.2) is 34.8 Å². The van der Waals surface area contributed by atoms with Crippen molar-refractivity contribution in [3.05, 3.63) is 84.1 Å². The summed E-state index contributed by atoms with van der Waals surface area (Å²) in [5.74, 6) is -0.109. The Morgan fingerprint density at radius 2 is 1.48 bits per heavy atom. The lowest BCUT2D eigenvalue weighted by atomic mass is 10.1. The lowest BCUT2D eigenvalue weighted by Gasteiger charge is -2.20. The predicted octanol–water partition coefficient (Wildman–Crippen LogP) is 5.50. The van der Waals surface area contributed by atoms with E-state index in [9.17, 15) is 9.59 Å². The Hall–Kier alpha value is -3.12. The molecule has 1 aliphatic rings. The highest BCUT2D eigenvalue weighted by atomic mass is 32.2. The monoisotopic (exact) mass is 431 g/mol. The van der Waals surface area contributed by atoms with Crippen molar-refractivity contribution in [2.45, 2.75) is 35.6 Å². The van der Waals surface area contributed by atoms with Crippen molar-refractivity contribution in [3.63, 3.8) is 0 Å². The molecular weight excluding hydrogens is 406 g/mol. The van der Waals surface area contributed by atoms with Gasteiger partial charge in [-0.1, -0.05) is 30.7 Å². The minimum absolute atomic E-state index is 0.0702. The van der Waals surface area contributed by atoms with Gasteiger partial charge in [0.1, 0.15) is 5.03 Å². The summed E-state index contributed by atoms with van der Waals surface area (Å²) in [5.41, 5.74) is 1.91. The van der Waals surface area contributed by atoms with E-state index < -0.39 is 0 Å². The molecular formula is C25H25N3O2S. The molecule has 0 bridgehead atoms. The van der Waals surface area contributed by atoms with E-state index in [0.717, 1.165) is 35.9 Å². The third-order valence-electron chi connectivity index (χ3n) is 5.26. The Kier molecular flexibility index (Phi) is 6.99. The van der Waals surface area contributed by atoms with E-state index in [4.69, 9.17) is 0 Å². The van der Waals surface area contributed by atoms with Gasteiger partial charge in [0.15, 0.2) is 0 Å². The van der Waals surface area contributed by atoms with Crippen molar-refractivity contribution in [2.75, 3.05) is 18.4 Å².